The fourth-order valence-electron chi connectivity index (χ4n) is 4.39. The van der Waals surface area contributed by atoms with Gasteiger partial charge in [-0.3, -0.25) is 4.99 Å². The van der Waals surface area contributed by atoms with Crippen LogP contribution in [-0.2, 0) is 0 Å². The summed E-state index contributed by atoms with van der Waals surface area (Å²) >= 11 is 0. The van der Waals surface area contributed by atoms with E-state index >= 15 is 0 Å². The molecule has 0 amide bonds. The molecule has 4 N–H and O–H groups in total. The van der Waals surface area contributed by atoms with Crippen LogP contribution in [0.4, 0.5) is 0 Å². The summed E-state index contributed by atoms with van der Waals surface area (Å²) in [5, 5.41) is 0. The van der Waals surface area contributed by atoms with E-state index in [-0.39, 0.29) is 12.0 Å². The van der Waals surface area contributed by atoms with Crippen LogP contribution in [0.2, 0.25) is 0 Å². The summed E-state index contributed by atoms with van der Waals surface area (Å²) < 4.78 is 38.8. The van der Waals surface area contributed by atoms with Gasteiger partial charge in [0.25, 0.3) is 0 Å². The van der Waals surface area contributed by atoms with E-state index in [9.17, 15) is 0 Å². The highest BCUT2D eigenvalue weighted by atomic mass is 16.5. The number of unbranched alkanes of at least 4 members (excludes halogenated alkanes) is 3. The van der Waals surface area contributed by atoms with Gasteiger partial charge in [0, 0.05) is 6.54 Å². The Kier molecular flexibility index (Phi) is 13.6. The number of nitrogens with zero attached hydrogens (tertiary/aromatic N) is 3. The van der Waals surface area contributed by atoms with Crippen molar-refractivity contribution in [1.29, 1.82) is 0 Å². The standard InChI is InChI=1S/C33H43N5O7/c1-39-26-17-22(18-27(40-2)30(26)43-5)11-13-24-21-25(14-12-23-19-28(41-3)31(44-6)29(20-23)42-4)38-33(37-24)45-16-10-8-7-9-15-36-32(34)35/h11-14,17-21H,7-10,15-16H2,1-6H3,(H4,34,35,36). The third-order valence-corrected chi connectivity index (χ3v) is 6.59. The maximum Gasteiger partial charge on any atom is 0.317 e. The summed E-state index contributed by atoms with van der Waals surface area (Å²) in [4.78, 5) is 13.3. The molecule has 12 heteroatoms. The molecule has 1 aromatic heterocycles. The van der Waals surface area contributed by atoms with Gasteiger partial charge in [0.05, 0.1) is 60.7 Å². The lowest BCUT2D eigenvalue weighted by Gasteiger charge is -2.13. The first-order valence-electron chi connectivity index (χ1n) is 14.4. The topological polar surface area (TPSA) is 155 Å². The molecule has 12 nitrogen and oxygen atoms in total. The van der Waals surface area contributed by atoms with Gasteiger partial charge in [0.15, 0.2) is 29.0 Å². The summed E-state index contributed by atoms with van der Waals surface area (Å²) in [6.07, 6.45) is 11.2. The van der Waals surface area contributed by atoms with Crippen LogP contribution in [0.25, 0.3) is 24.3 Å². The summed E-state index contributed by atoms with van der Waals surface area (Å²) in [7, 11) is 9.45. The first-order valence-corrected chi connectivity index (χ1v) is 14.4. The first kappa shape index (κ1) is 34.4. The zero-order valence-electron chi connectivity index (χ0n) is 26.8. The van der Waals surface area contributed by atoms with Crippen LogP contribution in [0.1, 0.15) is 48.2 Å². The Labute approximate surface area is 264 Å². The molecule has 3 aromatic rings. The van der Waals surface area contributed by atoms with E-state index in [1.54, 1.807) is 42.7 Å². The maximum absolute atomic E-state index is 5.97. The molecule has 0 aliphatic rings. The second kappa shape index (κ2) is 17.9. The maximum atomic E-state index is 5.97. The van der Waals surface area contributed by atoms with Crippen molar-refractivity contribution in [1.82, 2.24) is 9.97 Å². The number of aliphatic imine (C=N–C) groups is 1. The van der Waals surface area contributed by atoms with E-state index in [1.165, 1.54) is 0 Å². The van der Waals surface area contributed by atoms with Crippen molar-refractivity contribution in [2.24, 2.45) is 16.5 Å². The quantitative estimate of drug-likeness (QED) is 0.111. The van der Waals surface area contributed by atoms with Gasteiger partial charge in [-0.05, 0) is 72.9 Å². The van der Waals surface area contributed by atoms with E-state index in [2.05, 4.69) is 15.0 Å². The summed E-state index contributed by atoms with van der Waals surface area (Å²) in [5.74, 6) is 3.36. The highest BCUT2D eigenvalue weighted by molar-refractivity contribution is 5.76. The number of rotatable bonds is 18. The van der Waals surface area contributed by atoms with E-state index in [0.29, 0.717) is 59.0 Å². The van der Waals surface area contributed by atoms with Crippen LogP contribution < -0.4 is 44.6 Å². The molecular formula is C33H43N5O7. The highest BCUT2D eigenvalue weighted by Gasteiger charge is 2.13. The number of aromatic nitrogens is 2. The van der Waals surface area contributed by atoms with Crippen molar-refractivity contribution in [3.05, 3.63) is 52.8 Å². The molecule has 0 aliphatic heterocycles. The third-order valence-electron chi connectivity index (χ3n) is 6.59. The molecule has 2 aromatic carbocycles. The van der Waals surface area contributed by atoms with Crippen LogP contribution in [0.15, 0.2) is 35.3 Å². The molecular weight excluding hydrogens is 578 g/mol. The molecule has 0 fully saturated rings. The lowest BCUT2D eigenvalue weighted by Crippen LogP contribution is -2.22. The van der Waals surface area contributed by atoms with Crippen LogP contribution in [0.5, 0.6) is 40.5 Å². The molecule has 242 valence electrons. The smallest absolute Gasteiger partial charge is 0.317 e. The Morgan fingerprint density at radius 3 is 1.44 bits per heavy atom. The van der Waals surface area contributed by atoms with E-state index in [1.807, 2.05) is 54.6 Å². The number of ether oxygens (including phenoxy) is 7. The Bertz CT molecular complexity index is 1340. The Morgan fingerprint density at radius 2 is 1.04 bits per heavy atom. The predicted molar refractivity (Wildman–Crippen MR) is 177 cm³/mol. The zero-order valence-corrected chi connectivity index (χ0v) is 26.8. The van der Waals surface area contributed by atoms with Gasteiger partial charge < -0.3 is 44.6 Å². The van der Waals surface area contributed by atoms with Gasteiger partial charge in [0.1, 0.15) is 0 Å². The number of benzene rings is 2. The molecule has 0 unspecified atom stereocenters. The van der Waals surface area contributed by atoms with Crippen LogP contribution >= 0.6 is 0 Å². The van der Waals surface area contributed by atoms with Crippen molar-refractivity contribution in [3.63, 3.8) is 0 Å². The number of hydrogen-bond donors (Lipinski definition) is 2. The van der Waals surface area contributed by atoms with Gasteiger partial charge in [-0.25, -0.2) is 0 Å². The van der Waals surface area contributed by atoms with Gasteiger partial charge in [-0.15, -0.1) is 0 Å². The molecule has 0 spiro atoms. The zero-order chi connectivity index (χ0) is 32.6. The normalized spacial score (nSPS) is 11.0. The minimum atomic E-state index is 0.116. The number of methoxy groups -OCH3 is 6. The van der Waals surface area contributed by atoms with Crippen LogP contribution in [0.3, 0.4) is 0 Å². The molecule has 3 rings (SSSR count). The summed E-state index contributed by atoms with van der Waals surface area (Å²) in [5.41, 5.74) is 13.7. The van der Waals surface area contributed by atoms with Crippen molar-refractivity contribution < 1.29 is 33.2 Å². The molecule has 45 heavy (non-hydrogen) atoms. The molecule has 0 bridgehead atoms. The highest BCUT2D eigenvalue weighted by Crippen LogP contribution is 2.39. The lowest BCUT2D eigenvalue weighted by molar-refractivity contribution is 0.281. The largest absolute Gasteiger partial charge is 0.493 e. The lowest BCUT2D eigenvalue weighted by atomic mass is 10.1. The van der Waals surface area contributed by atoms with Gasteiger partial charge in [-0.1, -0.05) is 18.6 Å². The number of nitrogens with two attached hydrogens (primary N) is 2. The molecule has 0 atom stereocenters. The Hall–Kier alpha value is -5.13. The number of guanidine groups is 1. The van der Waals surface area contributed by atoms with E-state index in [0.717, 1.165) is 36.8 Å². The fourth-order valence-corrected chi connectivity index (χ4v) is 4.39. The molecule has 1 heterocycles. The van der Waals surface area contributed by atoms with Gasteiger partial charge in [-0.2, -0.15) is 9.97 Å². The first-order chi connectivity index (χ1) is 21.8. The van der Waals surface area contributed by atoms with Crippen molar-refractivity contribution in [2.45, 2.75) is 25.7 Å². The summed E-state index contributed by atoms with van der Waals surface area (Å²) in [6.45, 7) is 1.09. The average Bonchev–Trinajstić information content (AvgIpc) is 3.06. The molecule has 0 aliphatic carbocycles. The molecule has 0 saturated heterocycles. The number of hydrogen-bond acceptors (Lipinski definition) is 10. The molecule has 0 saturated carbocycles. The second-order valence-electron chi connectivity index (χ2n) is 9.65. The third kappa shape index (κ3) is 10.2. The minimum Gasteiger partial charge on any atom is -0.493 e. The van der Waals surface area contributed by atoms with Crippen LogP contribution in [0, 0.1) is 0 Å². The fraction of sp³-hybridized carbons (Fsp3) is 0.364. The second-order valence-corrected chi connectivity index (χ2v) is 9.65. The summed E-state index contributed by atoms with van der Waals surface area (Å²) in [6, 6.07) is 9.56. The van der Waals surface area contributed by atoms with Gasteiger partial charge in [0.2, 0.25) is 11.5 Å². The minimum absolute atomic E-state index is 0.116. The van der Waals surface area contributed by atoms with Gasteiger partial charge >= 0.3 is 6.01 Å². The van der Waals surface area contributed by atoms with Crippen molar-refractivity contribution in [2.75, 3.05) is 55.8 Å². The van der Waals surface area contributed by atoms with E-state index < -0.39 is 0 Å². The predicted octanol–water partition coefficient (Wildman–Crippen LogP) is 5.08. The Balaban J connectivity index is 1.87. The van der Waals surface area contributed by atoms with Crippen molar-refractivity contribution >= 4 is 30.3 Å². The average molecular weight is 622 g/mol. The van der Waals surface area contributed by atoms with Crippen LogP contribution in [-0.4, -0.2) is 71.7 Å². The monoisotopic (exact) mass is 621 g/mol. The Morgan fingerprint density at radius 1 is 0.600 bits per heavy atom. The molecule has 0 radical (unpaired) electrons. The van der Waals surface area contributed by atoms with Crippen molar-refractivity contribution in [3.8, 4) is 40.5 Å². The van der Waals surface area contributed by atoms with E-state index in [4.69, 9.17) is 44.6 Å². The SMILES string of the molecule is COc1cc(C=Cc2cc(C=Cc3cc(OC)c(OC)c(OC)c3)nc(OCCCCCCN=C(N)N)n2)cc(OC)c1OC.